The van der Waals surface area contributed by atoms with Crippen LogP contribution >= 0.6 is 0 Å². The number of hydrogen-bond acceptors (Lipinski definition) is 10. The second-order valence-corrected chi connectivity index (χ2v) is 28.2. The van der Waals surface area contributed by atoms with E-state index in [9.17, 15) is 10.2 Å². The first-order valence-corrected chi connectivity index (χ1v) is 28.1. The summed E-state index contributed by atoms with van der Waals surface area (Å²) in [7, 11) is 3.67. The normalized spacial score (nSPS) is 43.1. The summed E-state index contributed by atoms with van der Waals surface area (Å²) < 4.78 is 43.0. The Morgan fingerprint density at radius 3 is 1.56 bits per heavy atom. The molecule has 14 aliphatic rings. The van der Waals surface area contributed by atoms with Crippen LogP contribution in [0.15, 0.2) is 24.3 Å². The molecular formula is C60H84N2O8. The molecule has 4 spiro atoms. The molecule has 8 bridgehead atoms. The molecule has 2 N–H and O–H groups in total. The molecule has 70 heavy (non-hydrogen) atoms. The van der Waals surface area contributed by atoms with Crippen LogP contribution in [0, 0.1) is 45.3 Å². The SMILES string of the molecule is COc1ccc2c3c1O[C@H]1C34CCN(CC3CC3)[C@H](C2)[C@]42CC[C@]1(OCCOc1ccc3c4c1O[C@H]1[C@]45CCN(CC4CC4)C(C3)[C@]53CC[C@@]1(OC)C([C@](C)(O)C(C)(C)C)C3)[C@@H]([C@](C)(O)C(C)(C)C)C2. The molecule has 16 rings (SSSR count). The van der Waals surface area contributed by atoms with Gasteiger partial charge in [0.1, 0.15) is 30.0 Å². The predicted molar refractivity (Wildman–Crippen MR) is 268 cm³/mol. The zero-order chi connectivity index (χ0) is 48.6. The van der Waals surface area contributed by atoms with Crippen molar-refractivity contribution in [1.82, 2.24) is 9.80 Å². The van der Waals surface area contributed by atoms with E-state index in [0.29, 0.717) is 25.3 Å². The van der Waals surface area contributed by atoms with Gasteiger partial charge >= 0.3 is 0 Å². The summed E-state index contributed by atoms with van der Waals surface area (Å²) in [4.78, 5) is 5.77. The molecule has 382 valence electrons. The van der Waals surface area contributed by atoms with Crippen LogP contribution in [-0.2, 0) is 33.1 Å². The van der Waals surface area contributed by atoms with Crippen molar-refractivity contribution in [2.24, 2.45) is 45.3 Å². The maximum absolute atomic E-state index is 13.2. The minimum Gasteiger partial charge on any atom is -0.493 e. The Morgan fingerprint density at radius 1 is 0.600 bits per heavy atom. The summed E-state index contributed by atoms with van der Waals surface area (Å²) in [5.74, 6) is 4.83. The minimum atomic E-state index is -1.04. The summed E-state index contributed by atoms with van der Waals surface area (Å²) in [6, 6.07) is 9.85. The molecule has 10 fully saturated rings. The fraction of sp³-hybridized carbons (Fsp3) is 0.800. The van der Waals surface area contributed by atoms with Gasteiger partial charge in [-0.15, -0.1) is 0 Å². The summed E-state index contributed by atoms with van der Waals surface area (Å²) in [6.07, 6.45) is 14.8. The van der Waals surface area contributed by atoms with E-state index in [1.165, 1.54) is 61.0 Å². The van der Waals surface area contributed by atoms with E-state index in [2.05, 4.69) is 89.5 Å². The lowest BCUT2D eigenvalue weighted by Crippen LogP contribution is -2.83. The topological polar surface area (TPSA) is 102 Å². The first kappa shape index (κ1) is 46.0. The van der Waals surface area contributed by atoms with Crippen molar-refractivity contribution in [3.63, 3.8) is 0 Å². The maximum Gasteiger partial charge on any atom is 0.165 e. The number of ether oxygens (including phenoxy) is 6. The van der Waals surface area contributed by atoms with Gasteiger partial charge < -0.3 is 38.6 Å². The van der Waals surface area contributed by atoms with Crippen LogP contribution in [0.2, 0.25) is 0 Å². The fourth-order valence-corrected chi connectivity index (χ4v) is 19.7. The number of hydrogen-bond donors (Lipinski definition) is 2. The van der Waals surface area contributed by atoms with Gasteiger partial charge in [0, 0.05) is 76.9 Å². The molecule has 2 saturated heterocycles. The molecule has 2 aromatic rings. The molecule has 3 unspecified atom stereocenters. The fourth-order valence-electron chi connectivity index (χ4n) is 19.7. The van der Waals surface area contributed by atoms with E-state index in [0.717, 1.165) is 112 Å². The van der Waals surface area contributed by atoms with Gasteiger partial charge in [-0.2, -0.15) is 0 Å². The van der Waals surface area contributed by atoms with Gasteiger partial charge in [0.2, 0.25) is 0 Å². The van der Waals surface area contributed by atoms with Gasteiger partial charge in [0.05, 0.1) is 24.9 Å². The number of methoxy groups -OCH3 is 2. The highest BCUT2D eigenvalue weighted by molar-refractivity contribution is 5.65. The number of benzene rings is 2. The zero-order valence-electron chi connectivity index (χ0n) is 44.3. The molecule has 10 nitrogen and oxygen atoms in total. The molecule has 14 atom stereocenters. The quantitative estimate of drug-likeness (QED) is 0.189. The lowest BCUT2D eigenvalue weighted by Gasteiger charge is -2.75. The molecule has 8 saturated carbocycles. The third-order valence-corrected chi connectivity index (χ3v) is 24.2. The Bertz CT molecular complexity index is 2520. The summed E-state index contributed by atoms with van der Waals surface area (Å²) >= 11 is 0. The highest BCUT2D eigenvalue weighted by Crippen LogP contribution is 2.80. The Labute approximate surface area is 418 Å². The van der Waals surface area contributed by atoms with Crippen molar-refractivity contribution in [2.45, 2.75) is 203 Å². The number of fused-ring (bicyclic) bond motifs is 4. The lowest BCUT2D eigenvalue weighted by molar-refractivity contribution is -0.319. The standard InChI is InChI=1S/C60H84N2O8/c1-51(2,3)53(7,63)41-31-55-19-21-59(41,66-10)49-57(55)23-25-61(33-35-11-12-35)43(55)30-38-16-18-40(48(70-49)46(38)57)67-27-28-68-60-22-20-56(32-42(60)54(8,64)52(4,5)6)44-29-37-15-17-39(65-9)47-45(37)58(56,50(60)69-47)24-26-62(44)34-36-13-14-36/h15-18,35-36,41-44,49-50,63-64H,11-14,19-34H2,1-10H3/t41?,42-,43?,44-,49+,50+,53+,54+,55-,56-,57+,58?,59-,60+/m1/s1. The Hall–Kier alpha value is -2.60. The summed E-state index contributed by atoms with van der Waals surface area (Å²) in [5.41, 5.74) is 0.936. The van der Waals surface area contributed by atoms with Gasteiger partial charge in [-0.25, -0.2) is 0 Å². The minimum absolute atomic E-state index is 0.0344. The third-order valence-electron chi connectivity index (χ3n) is 24.2. The number of nitrogens with zero attached hydrogens (tertiary/aromatic N) is 2. The van der Waals surface area contributed by atoms with Crippen LogP contribution in [0.3, 0.4) is 0 Å². The molecule has 0 aromatic heterocycles. The van der Waals surface area contributed by atoms with Gasteiger partial charge in [-0.3, -0.25) is 9.80 Å². The van der Waals surface area contributed by atoms with E-state index in [-0.39, 0.29) is 51.1 Å². The summed E-state index contributed by atoms with van der Waals surface area (Å²) in [6.45, 7) is 22.6. The second kappa shape index (κ2) is 14.2. The van der Waals surface area contributed by atoms with Crippen molar-refractivity contribution in [1.29, 1.82) is 0 Å². The van der Waals surface area contributed by atoms with Crippen LogP contribution in [0.25, 0.3) is 0 Å². The van der Waals surface area contributed by atoms with Crippen molar-refractivity contribution < 1.29 is 38.6 Å². The van der Waals surface area contributed by atoms with Gasteiger partial charge in [0.15, 0.2) is 23.0 Å². The van der Waals surface area contributed by atoms with Crippen molar-refractivity contribution in [3.8, 4) is 23.0 Å². The van der Waals surface area contributed by atoms with Crippen LogP contribution in [0.1, 0.15) is 155 Å². The van der Waals surface area contributed by atoms with E-state index in [4.69, 9.17) is 28.4 Å². The predicted octanol–water partition coefficient (Wildman–Crippen LogP) is 9.19. The van der Waals surface area contributed by atoms with Crippen LogP contribution in [-0.4, -0.2) is 120 Å². The van der Waals surface area contributed by atoms with E-state index < -0.39 is 27.8 Å². The lowest BCUT2D eigenvalue weighted by atomic mass is 9.33. The Morgan fingerprint density at radius 2 is 1.07 bits per heavy atom. The molecule has 0 amide bonds. The third kappa shape index (κ3) is 5.29. The zero-order valence-corrected chi connectivity index (χ0v) is 44.3. The highest BCUT2D eigenvalue weighted by Gasteiger charge is 2.84. The van der Waals surface area contributed by atoms with Gasteiger partial charge in [-0.1, -0.05) is 53.7 Å². The number of likely N-dealkylation sites (tertiary alicyclic amines) is 2. The molecule has 4 heterocycles. The van der Waals surface area contributed by atoms with Crippen molar-refractivity contribution in [2.75, 3.05) is 53.6 Å². The van der Waals surface area contributed by atoms with Crippen LogP contribution in [0.5, 0.6) is 23.0 Å². The molecule has 4 aliphatic heterocycles. The molecule has 0 radical (unpaired) electrons. The number of rotatable bonds is 13. The van der Waals surface area contributed by atoms with Crippen molar-refractivity contribution >= 4 is 0 Å². The average molecular weight is 961 g/mol. The van der Waals surface area contributed by atoms with Gasteiger partial charge in [0.25, 0.3) is 0 Å². The average Bonchev–Trinajstić information content (AvgIpc) is 4.25. The largest absolute Gasteiger partial charge is 0.493 e. The molecule has 2 aromatic carbocycles. The monoisotopic (exact) mass is 961 g/mol. The second-order valence-electron chi connectivity index (χ2n) is 28.2. The maximum atomic E-state index is 13.2. The number of piperidine rings is 2. The van der Waals surface area contributed by atoms with E-state index >= 15 is 0 Å². The van der Waals surface area contributed by atoms with Gasteiger partial charge in [-0.05, 0) is 163 Å². The van der Waals surface area contributed by atoms with E-state index in [1.54, 1.807) is 7.11 Å². The number of aliphatic hydroxyl groups is 2. The highest BCUT2D eigenvalue weighted by atomic mass is 16.6. The first-order chi connectivity index (χ1) is 33.2. The Kier molecular flexibility index (Phi) is 9.33. The van der Waals surface area contributed by atoms with Crippen LogP contribution < -0.4 is 18.9 Å². The Balaban J connectivity index is 0.823. The molecule has 10 heteroatoms. The van der Waals surface area contributed by atoms with Crippen molar-refractivity contribution in [3.05, 3.63) is 46.5 Å². The summed E-state index contributed by atoms with van der Waals surface area (Å²) in [5, 5.41) is 26.0. The molecule has 10 aliphatic carbocycles. The smallest absolute Gasteiger partial charge is 0.165 e. The van der Waals surface area contributed by atoms with E-state index in [1.807, 2.05) is 7.11 Å². The molecular weight excluding hydrogens is 877 g/mol. The van der Waals surface area contributed by atoms with Crippen LogP contribution in [0.4, 0.5) is 0 Å². The first-order valence-electron chi connectivity index (χ1n) is 28.1.